The van der Waals surface area contributed by atoms with E-state index in [4.69, 9.17) is 0 Å². The van der Waals surface area contributed by atoms with Gasteiger partial charge in [0.05, 0.1) is 6.26 Å². The second-order valence-corrected chi connectivity index (χ2v) is 14.5. The lowest BCUT2D eigenvalue weighted by Crippen LogP contribution is -2.53. The number of nitrogens with one attached hydrogen (secondary N) is 2. The van der Waals surface area contributed by atoms with Crippen molar-refractivity contribution in [1.82, 2.24) is 9.62 Å². The van der Waals surface area contributed by atoms with Crippen molar-refractivity contribution in [3.05, 3.63) is 57.9 Å². The van der Waals surface area contributed by atoms with Gasteiger partial charge in [-0.25, -0.2) is 17.5 Å². The normalized spacial score (nSPS) is 27.7. The van der Waals surface area contributed by atoms with Crippen molar-refractivity contribution in [3.8, 4) is 0 Å². The van der Waals surface area contributed by atoms with Crippen LogP contribution in [-0.4, -0.2) is 50.9 Å². The Morgan fingerprint density at radius 1 is 1.24 bits per heavy atom. The summed E-state index contributed by atoms with van der Waals surface area (Å²) in [5.41, 5.74) is 0.765. The van der Waals surface area contributed by atoms with Crippen LogP contribution in [0.2, 0.25) is 0 Å². The zero-order valence-electron chi connectivity index (χ0n) is 20.2. The maximum Gasteiger partial charge on any atom is 0.287 e. The fraction of sp³-hybridized carbons (Fsp3) is 0.417. The second kappa shape index (κ2) is 8.86. The SMILES string of the molecule is CS(=O)(=O)NCc1csc2c1S(=O)(=O)N=C(C1=C(O)[C@@H]3[C@H]4CC[C@H](C4)[C@@H]3N(Cc3ccc(F)cc3)C1=O)N2. The Labute approximate surface area is 223 Å². The molecule has 3 heterocycles. The first kappa shape index (κ1) is 25.5. The second-order valence-electron chi connectivity index (χ2n) is 10.2. The lowest BCUT2D eigenvalue weighted by atomic mass is 9.77. The van der Waals surface area contributed by atoms with Crippen molar-refractivity contribution in [2.45, 2.75) is 43.3 Å². The zero-order valence-corrected chi connectivity index (χ0v) is 22.7. The number of anilines is 1. The van der Waals surface area contributed by atoms with E-state index in [1.54, 1.807) is 17.0 Å². The quantitative estimate of drug-likeness (QED) is 0.476. The molecule has 4 atom stereocenters. The fourth-order valence-electron chi connectivity index (χ4n) is 6.32. The number of aliphatic hydroxyl groups is 1. The first-order valence-electron chi connectivity index (χ1n) is 12.1. The van der Waals surface area contributed by atoms with Gasteiger partial charge in [0, 0.05) is 30.6 Å². The number of hydrogen-bond acceptors (Lipinski definition) is 8. The molecule has 38 heavy (non-hydrogen) atoms. The lowest BCUT2D eigenvalue weighted by molar-refractivity contribution is -0.134. The van der Waals surface area contributed by atoms with Crippen LogP contribution in [0.25, 0.3) is 0 Å². The number of aliphatic hydroxyl groups excluding tert-OH is 1. The van der Waals surface area contributed by atoms with E-state index in [0.717, 1.165) is 42.4 Å². The molecule has 14 heteroatoms. The molecule has 2 bridgehead atoms. The highest BCUT2D eigenvalue weighted by molar-refractivity contribution is 7.91. The van der Waals surface area contributed by atoms with Crippen molar-refractivity contribution in [2.75, 3.05) is 11.6 Å². The Balaban J connectivity index is 1.39. The van der Waals surface area contributed by atoms with Crippen molar-refractivity contribution in [3.63, 3.8) is 0 Å². The maximum absolute atomic E-state index is 13.9. The molecule has 2 aliphatic carbocycles. The van der Waals surface area contributed by atoms with Crippen LogP contribution in [0.15, 0.2) is 50.3 Å². The van der Waals surface area contributed by atoms with E-state index in [2.05, 4.69) is 14.4 Å². The van der Waals surface area contributed by atoms with Crippen LogP contribution < -0.4 is 10.0 Å². The van der Waals surface area contributed by atoms with Crippen LogP contribution in [0, 0.1) is 23.6 Å². The predicted molar refractivity (Wildman–Crippen MR) is 139 cm³/mol. The standard InChI is InChI=1S/C24H25FN4O6S3/c1-37(32,33)26-9-15-11-36-23-21(15)38(34,35)28-22(27-23)18-20(30)17-13-4-5-14(8-13)19(17)29(24(18)31)10-12-2-6-16(25)7-3-12/h2-3,6-7,11,13-14,17,19,26,30H,4-5,8-10H2,1H3,(H,27,28)/t13-,14+,17+,19-/m0/s1. The number of benzene rings is 1. The smallest absolute Gasteiger partial charge is 0.287 e. The number of amidine groups is 1. The van der Waals surface area contributed by atoms with Gasteiger partial charge in [-0.05, 0) is 54.2 Å². The molecule has 2 saturated carbocycles. The minimum atomic E-state index is -4.31. The van der Waals surface area contributed by atoms with E-state index in [1.165, 1.54) is 17.5 Å². The summed E-state index contributed by atoms with van der Waals surface area (Å²) in [6.07, 6.45) is 3.69. The molecule has 6 rings (SSSR count). The number of nitrogens with zero attached hydrogens (tertiary/aromatic N) is 2. The summed E-state index contributed by atoms with van der Waals surface area (Å²) in [6, 6.07) is 5.62. The highest BCUT2D eigenvalue weighted by Crippen LogP contribution is 2.55. The molecule has 2 aromatic rings. The van der Waals surface area contributed by atoms with Crippen LogP contribution >= 0.6 is 11.3 Å². The Kier molecular flexibility index (Phi) is 5.94. The first-order chi connectivity index (χ1) is 17.9. The van der Waals surface area contributed by atoms with Crippen LogP contribution in [0.5, 0.6) is 0 Å². The number of halogens is 1. The molecular weight excluding hydrogens is 555 g/mol. The number of amides is 1. The van der Waals surface area contributed by atoms with Crippen molar-refractivity contribution in [1.29, 1.82) is 0 Å². The van der Waals surface area contributed by atoms with E-state index < -0.39 is 31.8 Å². The minimum absolute atomic E-state index is 0.150. The summed E-state index contributed by atoms with van der Waals surface area (Å²) in [6.45, 7) is -0.0482. The first-order valence-corrected chi connectivity index (χ1v) is 16.3. The van der Waals surface area contributed by atoms with E-state index in [-0.39, 0.29) is 69.5 Å². The van der Waals surface area contributed by atoms with Crippen LogP contribution in [0.3, 0.4) is 0 Å². The molecule has 2 aliphatic heterocycles. The number of sulfonamides is 2. The van der Waals surface area contributed by atoms with Crippen molar-refractivity contribution >= 4 is 48.1 Å². The highest BCUT2D eigenvalue weighted by Gasteiger charge is 2.57. The number of thiophene rings is 1. The molecule has 1 aromatic carbocycles. The molecule has 202 valence electrons. The van der Waals surface area contributed by atoms with Gasteiger partial charge in [0.2, 0.25) is 10.0 Å². The molecule has 10 nitrogen and oxygen atoms in total. The summed E-state index contributed by atoms with van der Waals surface area (Å²) in [5, 5.41) is 16.0. The van der Waals surface area contributed by atoms with E-state index in [9.17, 15) is 31.1 Å². The molecule has 0 saturated heterocycles. The summed E-state index contributed by atoms with van der Waals surface area (Å²) in [7, 11) is -7.87. The summed E-state index contributed by atoms with van der Waals surface area (Å²) < 4.78 is 69.2. The average Bonchev–Trinajstić information content (AvgIpc) is 3.56. The molecule has 0 unspecified atom stereocenters. The van der Waals surface area contributed by atoms with Gasteiger partial charge in [-0.3, -0.25) is 4.79 Å². The van der Waals surface area contributed by atoms with Crippen LogP contribution in [-0.2, 0) is 37.9 Å². The number of hydrogen-bond donors (Lipinski definition) is 3. The predicted octanol–water partition coefficient (Wildman–Crippen LogP) is 2.72. The molecule has 3 N–H and O–H groups in total. The van der Waals surface area contributed by atoms with Crippen LogP contribution in [0.1, 0.15) is 30.4 Å². The average molecular weight is 581 g/mol. The summed E-state index contributed by atoms with van der Waals surface area (Å²) in [5.74, 6) is -1.29. The van der Waals surface area contributed by atoms with Crippen molar-refractivity contribution in [2.24, 2.45) is 22.2 Å². The maximum atomic E-state index is 13.9. The van der Waals surface area contributed by atoms with E-state index in [1.807, 2.05) is 0 Å². The Hall–Kier alpha value is -2.81. The van der Waals surface area contributed by atoms with Gasteiger partial charge in [0.25, 0.3) is 15.9 Å². The Bertz CT molecular complexity index is 1610. The topological polar surface area (TPSA) is 145 Å². The molecular formula is C24H25FN4O6S3. The monoisotopic (exact) mass is 580 g/mol. The molecule has 0 radical (unpaired) electrons. The van der Waals surface area contributed by atoms with Gasteiger partial charge in [0.15, 0.2) is 5.84 Å². The van der Waals surface area contributed by atoms with Gasteiger partial charge in [-0.1, -0.05) is 12.1 Å². The third-order valence-electron chi connectivity index (χ3n) is 7.83. The number of rotatable bonds is 6. The number of fused-ring (bicyclic) bond motifs is 6. The van der Waals surface area contributed by atoms with Gasteiger partial charge >= 0.3 is 0 Å². The van der Waals surface area contributed by atoms with Gasteiger partial charge in [-0.15, -0.1) is 15.7 Å². The third-order valence-corrected chi connectivity index (χ3v) is 11.0. The Morgan fingerprint density at radius 3 is 2.66 bits per heavy atom. The third kappa shape index (κ3) is 4.23. The minimum Gasteiger partial charge on any atom is -0.511 e. The van der Waals surface area contributed by atoms with E-state index >= 15 is 0 Å². The molecule has 2 fully saturated rings. The molecule has 1 amide bonds. The lowest BCUT2D eigenvalue weighted by Gasteiger charge is -2.44. The largest absolute Gasteiger partial charge is 0.511 e. The fourth-order valence-corrected chi connectivity index (χ4v) is 9.35. The Morgan fingerprint density at radius 2 is 1.95 bits per heavy atom. The summed E-state index contributed by atoms with van der Waals surface area (Å²) in [4.78, 5) is 15.4. The van der Waals surface area contributed by atoms with Gasteiger partial charge < -0.3 is 15.3 Å². The zero-order chi connectivity index (χ0) is 27.0. The van der Waals surface area contributed by atoms with Crippen LogP contribution in [0.4, 0.5) is 9.39 Å². The van der Waals surface area contributed by atoms with E-state index in [0.29, 0.717) is 0 Å². The van der Waals surface area contributed by atoms with Crippen molar-refractivity contribution < 1.29 is 31.1 Å². The molecule has 1 aromatic heterocycles. The summed E-state index contributed by atoms with van der Waals surface area (Å²) >= 11 is 1.04. The van der Waals surface area contributed by atoms with Gasteiger partial charge in [0.1, 0.15) is 27.0 Å². The number of carbonyl (C=O) groups excluding carboxylic acids is 1. The van der Waals surface area contributed by atoms with Gasteiger partial charge in [-0.2, -0.15) is 8.42 Å². The number of carbonyl (C=O) groups is 1. The highest BCUT2D eigenvalue weighted by atomic mass is 32.2. The molecule has 4 aliphatic rings. The molecule has 0 spiro atoms.